The Kier molecular flexibility index (Phi) is 8.46. The number of nitrogens with one attached hydrogen (secondary N) is 1. The molecule has 0 unspecified atom stereocenters. The number of aliphatic hydroxyl groups excluding tert-OH is 1. The molecule has 3 rings (SSSR count). The molecule has 0 radical (unpaired) electrons. The minimum absolute atomic E-state index is 0.0881. The lowest BCUT2D eigenvalue weighted by Crippen LogP contribution is -2.23. The highest BCUT2D eigenvalue weighted by Gasteiger charge is 2.18. The van der Waals surface area contributed by atoms with Crippen LogP contribution in [0.2, 0.25) is 5.02 Å². The van der Waals surface area contributed by atoms with Crippen LogP contribution in [0, 0.1) is 0 Å². The molecule has 33 heavy (non-hydrogen) atoms. The zero-order valence-electron chi connectivity index (χ0n) is 17.6. The number of benzene rings is 3. The number of hydrogen-bond donors (Lipinski definition) is 3. The summed E-state index contributed by atoms with van der Waals surface area (Å²) in [6.07, 6.45) is -0.119. The maximum absolute atomic E-state index is 13.0. The Morgan fingerprint density at radius 3 is 2.42 bits per heavy atom. The molecule has 0 aliphatic heterocycles. The van der Waals surface area contributed by atoms with Crippen molar-refractivity contribution in [2.45, 2.75) is 22.3 Å². The number of aliphatic carboxylic acids is 1. The normalized spacial score (nSPS) is 12.3. The first kappa shape index (κ1) is 24.7. The van der Waals surface area contributed by atoms with E-state index in [2.05, 4.69) is 5.32 Å². The van der Waals surface area contributed by atoms with Gasteiger partial charge in [-0.1, -0.05) is 35.9 Å². The smallest absolute Gasteiger partial charge is 0.341 e. The number of ether oxygens (including phenoxy) is 1. The summed E-state index contributed by atoms with van der Waals surface area (Å²) >= 11 is 5.95. The van der Waals surface area contributed by atoms with Crippen molar-refractivity contribution in [3.05, 3.63) is 88.9 Å². The van der Waals surface area contributed by atoms with Crippen molar-refractivity contribution in [3.8, 4) is 5.75 Å². The second kappa shape index (κ2) is 11.3. The highest BCUT2D eigenvalue weighted by atomic mass is 35.5. The number of carboxylic acids is 1. The van der Waals surface area contributed by atoms with Crippen LogP contribution in [-0.4, -0.2) is 44.3 Å². The van der Waals surface area contributed by atoms with Gasteiger partial charge in [-0.2, -0.15) is 0 Å². The first-order valence-corrected chi connectivity index (χ1v) is 12.0. The third-order valence-corrected chi connectivity index (χ3v) is 6.87. The minimum atomic E-state index is -3.74. The standard InChI is InChI=1S/C24H24ClNO6S/c25-19-5-2-4-18(14-19)23(27)15-26-12-11-17-3-1-6-22(13-17)33(30,31)21-9-7-20(8-10-21)32-16-24(28)29/h1-10,13-14,23,26-27H,11-12,15-16H2,(H,28,29)/t23-/m0/s1. The fourth-order valence-corrected chi connectivity index (χ4v) is 4.70. The summed E-state index contributed by atoms with van der Waals surface area (Å²) in [4.78, 5) is 10.8. The van der Waals surface area contributed by atoms with Crippen LogP contribution in [0.25, 0.3) is 0 Å². The van der Waals surface area contributed by atoms with Gasteiger partial charge in [0, 0.05) is 11.6 Å². The largest absolute Gasteiger partial charge is 0.482 e. The first-order valence-electron chi connectivity index (χ1n) is 10.2. The van der Waals surface area contributed by atoms with E-state index in [1.165, 1.54) is 30.3 Å². The lowest BCUT2D eigenvalue weighted by molar-refractivity contribution is -0.139. The number of aliphatic hydroxyl groups is 1. The summed E-state index contributed by atoms with van der Waals surface area (Å²) in [5, 5.41) is 22.6. The number of sulfone groups is 1. The maximum atomic E-state index is 13.0. The predicted molar refractivity (Wildman–Crippen MR) is 124 cm³/mol. The second-order valence-corrected chi connectivity index (χ2v) is 9.72. The van der Waals surface area contributed by atoms with E-state index in [9.17, 15) is 18.3 Å². The van der Waals surface area contributed by atoms with Gasteiger partial charge in [0.15, 0.2) is 6.61 Å². The molecule has 0 fully saturated rings. The predicted octanol–water partition coefficient (Wildman–Crippen LogP) is 3.50. The lowest BCUT2D eigenvalue weighted by atomic mass is 10.1. The molecule has 3 aromatic rings. The van der Waals surface area contributed by atoms with E-state index < -0.39 is 28.5 Å². The van der Waals surface area contributed by atoms with Crippen molar-refractivity contribution < 1.29 is 28.2 Å². The quantitative estimate of drug-likeness (QED) is 0.353. The Labute approximate surface area is 197 Å². The molecule has 3 aromatic carbocycles. The van der Waals surface area contributed by atoms with Crippen molar-refractivity contribution in [1.82, 2.24) is 5.32 Å². The molecular weight excluding hydrogens is 466 g/mol. The van der Waals surface area contributed by atoms with E-state index in [0.717, 1.165) is 11.1 Å². The highest BCUT2D eigenvalue weighted by Crippen LogP contribution is 2.24. The van der Waals surface area contributed by atoms with Gasteiger partial charge in [-0.3, -0.25) is 0 Å². The Bertz CT molecular complexity index is 1200. The Balaban J connectivity index is 1.58. The van der Waals surface area contributed by atoms with Crippen LogP contribution < -0.4 is 10.1 Å². The lowest BCUT2D eigenvalue weighted by Gasteiger charge is -2.13. The van der Waals surface area contributed by atoms with Gasteiger partial charge < -0.3 is 20.3 Å². The molecule has 0 heterocycles. The van der Waals surface area contributed by atoms with Crippen LogP contribution in [0.1, 0.15) is 17.2 Å². The third-order valence-electron chi connectivity index (χ3n) is 4.87. The average molecular weight is 490 g/mol. The molecule has 0 aliphatic rings. The van der Waals surface area contributed by atoms with E-state index >= 15 is 0 Å². The minimum Gasteiger partial charge on any atom is -0.482 e. The van der Waals surface area contributed by atoms with Gasteiger partial charge in [0.2, 0.25) is 9.84 Å². The summed E-state index contributed by atoms with van der Waals surface area (Å²) in [6.45, 7) is 0.393. The third kappa shape index (κ3) is 7.03. The van der Waals surface area contributed by atoms with Gasteiger partial charge in [0.1, 0.15) is 5.75 Å². The topological polar surface area (TPSA) is 113 Å². The molecule has 0 bridgehead atoms. The number of rotatable bonds is 11. The summed E-state index contributed by atoms with van der Waals surface area (Å²) < 4.78 is 31.0. The summed E-state index contributed by atoms with van der Waals surface area (Å²) in [7, 11) is -3.74. The number of carbonyl (C=O) groups is 1. The van der Waals surface area contributed by atoms with E-state index in [1.54, 1.807) is 36.4 Å². The molecule has 0 spiro atoms. The van der Waals surface area contributed by atoms with Crippen molar-refractivity contribution in [1.29, 1.82) is 0 Å². The summed E-state index contributed by atoms with van der Waals surface area (Å²) in [5.41, 5.74) is 1.56. The monoisotopic (exact) mass is 489 g/mol. The molecule has 0 aromatic heterocycles. The fourth-order valence-electron chi connectivity index (χ4n) is 3.17. The SMILES string of the molecule is O=C(O)COc1ccc(S(=O)(=O)c2cccc(CCNC[C@H](O)c3cccc(Cl)c3)c2)cc1. The van der Waals surface area contributed by atoms with Crippen molar-refractivity contribution in [2.75, 3.05) is 19.7 Å². The van der Waals surface area contributed by atoms with E-state index in [-0.39, 0.29) is 15.5 Å². The molecule has 7 nitrogen and oxygen atoms in total. The van der Waals surface area contributed by atoms with Crippen LogP contribution in [0.3, 0.4) is 0 Å². The first-order chi connectivity index (χ1) is 15.8. The average Bonchev–Trinajstić information content (AvgIpc) is 2.81. The molecule has 9 heteroatoms. The van der Waals surface area contributed by atoms with Crippen LogP contribution in [-0.2, 0) is 21.1 Å². The van der Waals surface area contributed by atoms with E-state index in [4.69, 9.17) is 21.4 Å². The van der Waals surface area contributed by atoms with Gasteiger partial charge in [0.05, 0.1) is 15.9 Å². The Hall–Kier alpha value is -2.91. The molecule has 0 saturated carbocycles. The van der Waals surface area contributed by atoms with Gasteiger partial charge >= 0.3 is 5.97 Å². The van der Waals surface area contributed by atoms with E-state index in [1.807, 2.05) is 6.07 Å². The fraction of sp³-hybridized carbons (Fsp3) is 0.208. The van der Waals surface area contributed by atoms with Crippen molar-refractivity contribution >= 4 is 27.4 Å². The van der Waals surface area contributed by atoms with Crippen LogP contribution >= 0.6 is 11.6 Å². The van der Waals surface area contributed by atoms with Gasteiger partial charge in [0.25, 0.3) is 0 Å². The zero-order valence-corrected chi connectivity index (χ0v) is 19.2. The molecular formula is C24H24ClNO6S. The number of hydrogen-bond acceptors (Lipinski definition) is 6. The Morgan fingerprint density at radius 1 is 1.00 bits per heavy atom. The second-order valence-electron chi connectivity index (χ2n) is 7.33. The van der Waals surface area contributed by atoms with Crippen LogP contribution in [0.5, 0.6) is 5.75 Å². The van der Waals surface area contributed by atoms with Crippen LogP contribution in [0.4, 0.5) is 0 Å². The van der Waals surface area contributed by atoms with Gasteiger partial charge in [-0.25, -0.2) is 13.2 Å². The van der Waals surface area contributed by atoms with Crippen LogP contribution in [0.15, 0.2) is 82.6 Å². The summed E-state index contributed by atoms with van der Waals surface area (Å²) in [6, 6.07) is 19.4. The molecule has 174 valence electrons. The molecule has 1 atom stereocenters. The number of carboxylic acid groups (broad SMARTS) is 1. The van der Waals surface area contributed by atoms with Gasteiger partial charge in [-0.15, -0.1) is 0 Å². The molecule has 0 amide bonds. The zero-order chi connectivity index (χ0) is 23.8. The van der Waals surface area contributed by atoms with Crippen molar-refractivity contribution in [3.63, 3.8) is 0 Å². The number of halogens is 1. The molecule has 3 N–H and O–H groups in total. The molecule has 0 aliphatic carbocycles. The highest BCUT2D eigenvalue weighted by molar-refractivity contribution is 7.91. The summed E-state index contributed by atoms with van der Waals surface area (Å²) in [5.74, 6) is -0.840. The Morgan fingerprint density at radius 2 is 1.73 bits per heavy atom. The van der Waals surface area contributed by atoms with E-state index in [0.29, 0.717) is 24.5 Å². The molecule has 0 saturated heterocycles. The van der Waals surface area contributed by atoms with Crippen molar-refractivity contribution in [2.24, 2.45) is 0 Å². The van der Waals surface area contributed by atoms with Gasteiger partial charge in [-0.05, 0) is 72.6 Å². The maximum Gasteiger partial charge on any atom is 0.341 e.